The van der Waals surface area contributed by atoms with Crippen molar-refractivity contribution in [2.75, 3.05) is 32.5 Å². The monoisotopic (exact) mass is 525 g/mol. The van der Waals surface area contributed by atoms with Gasteiger partial charge in [0.1, 0.15) is 5.75 Å². The van der Waals surface area contributed by atoms with Crippen LogP contribution >= 0.6 is 11.8 Å². The molecule has 2 amide bonds. The zero-order valence-corrected chi connectivity index (χ0v) is 22.7. The van der Waals surface area contributed by atoms with Crippen LogP contribution in [0.2, 0.25) is 0 Å². The van der Waals surface area contributed by atoms with E-state index in [0.29, 0.717) is 37.6 Å². The van der Waals surface area contributed by atoms with Gasteiger partial charge in [-0.2, -0.15) is 0 Å². The normalized spacial score (nSPS) is 15.9. The third-order valence-electron chi connectivity index (χ3n) is 6.48. The van der Waals surface area contributed by atoms with Gasteiger partial charge >= 0.3 is 0 Å². The Morgan fingerprint density at radius 1 is 1.14 bits per heavy atom. The van der Waals surface area contributed by atoms with Gasteiger partial charge in [0.15, 0.2) is 10.9 Å². The highest BCUT2D eigenvalue weighted by molar-refractivity contribution is 7.99. The van der Waals surface area contributed by atoms with Crippen molar-refractivity contribution in [1.82, 2.24) is 24.6 Å². The summed E-state index contributed by atoms with van der Waals surface area (Å²) in [6.45, 7) is 7.68. The fourth-order valence-corrected chi connectivity index (χ4v) is 5.39. The molecular weight excluding hydrogens is 490 g/mol. The van der Waals surface area contributed by atoms with Crippen molar-refractivity contribution in [3.63, 3.8) is 0 Å². The fourth-order valence-electron chi connectivity index (χ4n) is 4.44. The molecule has 37 heavy (non-hydrogen) atoms. The lowest BCUT2D eigenvalue weighted by Crippen LogP contribution is -2.56. The number of ether oxygens (including phenoxy) is 1. The Morgan fingerprint density at radius 3 is 2.57 bits per heavy atom. The number of thioether (sulfide) groups is 1. The molecule has 1 aliphatic heterocycles. The van der Waals surface area contributed by atoms with E-state index in [9.17, 15) is 9.59 Å². The Kier molecular flexibility index (Phi) is 8.91. The molecule has 0 aliphatic carbocycles. The van der Waals surface area contributed by atoms with Gasteiger partial charge in [-0.25, -0.2) is 0 Å². The number of unbranched alkanes of at least 4 members (excludes halogenated alkanes) is 1. The first-order valence-corrected chi connectivity index (χ1v) is 13.7. The minimum absolute atomic E-state index is 0.0205. The average molecular weight is 526 g/mol. The van der Waals surface area contributed by atoms with Crippen LogP contribution in [0.4, 0.5) is 0 Å². The van der Waals surface area contributed by atoms with E-state index in [1.54, 1.807) is 25.1 Å². The third kappa shape index (κ3) is 6.36. The van der Waals surface area contributed by atoms with Gasteiger partial charge in [0.05, 0.1) is 19.1 Å². The highest BCUT2D eigenvalue weighted by atomic mass is 32.2. The lowest BCUT2D eigenvalue weighted by Gasteiger charge is -2.40. The molecule has 0 N–H and O–H groups in total. The number of rotatable bonds is 10. The van der Waals surface area contributed by atoms with E-state index >= 15 is 0 Å². The lowest BCUT2D eigenvalue weighted by atomic mass is 10.1. The molecule has 1 aromatic carbocycles. The zero-order chi connectivity index (χ0) is 26.4. The number of carbonyl (C=O) groups is 2. The van der Waals surface area contributed by atoms with Crippen molar-refractivity contribution in [1.29, 1.82) is 0 Å². The molecule has 0 saturated carbocycles. The second-order valence-electron chi connectivity index (χ2n) is 9.50. The summed E-state index contributed by atoms with van der Waals surface area (Å²) in [5.41, 5.74) is 0.916. The van der Waals surface area contributed by atoms with Gasteiger partial charge in [-0.15, -0.1) is 10.2 Å². The first-order valence-electron chi connectivity index (χ1n) is 12.7. The molecule has 10 heteroatoms. The Hall–Kier alpha value is -3.27. The molecule has 0 spiro atoms. The van der Waals surface area contributed by atoms with E-state index in [1.165, 1.54) is 0 Å². The summed E-state index contributed by atoms with van der Waals surface area (Å²) >= 11 is 1.61. The number of benzene rings is 1. The standard InChI is InChI=1S/C27H35N5O4S/c1-19(2)26(34)31-15-14-30(18-20(31)3)24(33)9-5-6-17-37-27-29-28-25(23-8-7-16-36-23)32(27)21-10-12-22(35-4)13-11-21/h7-8,10-13,16,19-20H,5-6,9,14-15,17-18H2,1-4H3. The fraction of sp³-hybridized carbons (Fsp3) is 0.481. The van der Waals surface area contributed by atoms with Crippen molar-refractivity contribution in [3.8, 4) is 23.0 Å². The number of amides is 2. The number of hydrogen-bond donors (Lipinski definition) is 0. The summed E-state index contributed by atoms with van der Waals surface area (Å²) in [7, 11) is 1.64. The zero-order valence-electron chi connectivity index (χ0n) is 21.9. The number of carbonyl (C=O) groups excluding carboxylic acids is 2. The maximum absolute atomic E-state index is 12.8. The van der Waals surface area contributed by atoms with Crippen LogP contribution in [0.5, 0.6) is 5.75 Å². The maximum Gasteiger partial charge on any atom is 0.225 e. The molecule has 3 aromatic rings. The van der Waals surface area contributed by atoms with Gasteiger partial charge in [-0.05, 0) is 56.2 Å². The molecule has 1 fully saturated rings. The van der Waals surface area contributed by atoms with Gasteiger partial charge in [0, 0.05) is 43.8 Å². The largest absolute Gasteiger partial charge is 0.497 e. The Bertz CT molecular complexity index is 1180. The van der Waals surface area contributed by atoms with Gasteiger partial charge in [0.2, 0.25) is 17.6 Å². The van der Waals surface area contributed by atoms with E-state index in [4.69, 9.17) is 9.15 Å². The molecule has 4 rings (SSSR count). The van der Waals surface area contributed by atoms with Crippen molar-refractivity contribution >= 4 is 23.6 Å². The number of hydrogen-bond acceptors (Lipinski definition) is 7. The SMILES string of the molecule is COc1ccc(-n2c(SCCCCC(=O)N3CCN(C(=O)C(C)C)C(C)C3)nnc2-c2ccco2)cc1. The smallest absolute Gasteiger partial charge is 0.225 e. The van der Waals surface area contributed by atoms with Gasteiger partial charge in [-0.3, -0.25) is 14.2 Å². The Balaban J connectivity index is 1.30. The second-order valence-corrected chi connectivity index (χ2v) is 10.6. The topological polar surface area (TPSA) is 93.7 Å². The van der Waals surface area contributed by atoms with Crippen LogP contribution in [0, 0.1) is 5.92 Å². The number of nitrogens with zero attached hydrogens (tertiary/aromatic N) is 5. The van der Waals surface area contributed by atoms with E-state index in [0.717, 1.165) is 35.2 Å². The number of furan rings is 1. The average Bonchev–Trinajstić information content (AvgIpc) is 3.58. The van der Waals surface area contributed by atoms with Crippen LogP contribution in [0.15, 0.2) is 52.2 Å². The molecule has 198 valence electrons. The molecule has 1 aliphatic rings. The lowest BCUT2D eigenvalue weighted by molar-refractivity contribution is -0.144. The molecule has 0 bridgehead atoms. The first-order chi connectivity index (χ1) is 17.9. The molecule has 3 heterocycles. The number of aromatic nitrogens is 3. The molecule has 1 saturated heterocycles. The minimum Gasteiger partial charge on any atom is -0.497 e. The maximum atomic E-state index is 12.8. The summed E-state index contributed by atoms with van der Waals surface area (Å²) in [5.74, 6) is 3.17. The molecule has 2 aromatic heterocycles. The highest BCUT2D eigenvalue weighted by Crippen LogP contribution is 2.29. The quantitative estimate of drug-likeness (QED) is 0.284. The second kappa shape index (κ2) is 12.3. The van der Waals surface area contributed by atoms with E-state index in [1.807, 2.05) is 71.5 Å². The van der Waals surface area contributed by atoms with Crippen LogP contribution in [0.25, 0.3) is 17.3 Å². The number of piperazine rings is 1. The van der Waals surface area contributed by atoms with Crippen LogP contribution in [-0.2, 0) is 9.59 Å². The minimum atomic E-state index is -0.0205. The van der Waals surface area contributed by atoms with E-state index < -0.39 is 0 Å². The van der Waals surface area contributed by atoms with Crippen molar-refractivity contribution in [2.45, 2.75) is 51.2 Å². The third-order valence-corrected chi connectivity index (χ3v) is 7.49. The predicted molar refractivity (Wildman–Crippen MR) is 143 cm³/mol. The molecular formula is C27H35N5O4S. The van der Waals surface area contributed by atoms with Crippen LogP contribution in [0.3, 0.4) is 0 Å². The Morgan fingerprint density at radius 2 is 1.92 bits per heavy atom. The van der Waals surface area contributed by atoms with E-state index in [-0.39, 0.29) is 23.8 Å². The van der Waals surface area contributed by atoms with Crippen LogP contribution in [-0.4, -0.2) is 74.9 Å². The van der Waals surface area contributed by atoms with Crippen molar-refractivity contribution in [2.24, 2.45) is 5.92 Å². The van der Waals surface area contributed by atoms with Crippen molar-refractivity contribution < 1.29 is 18.7 Å². The number of methoxy groups -OCH3 is 1. The summed E-state index contributed by atoms with van der Waals surface area (Å²) in [6.07, 6.45) is 3.81. The molecule has 1 unspecified atom stereocenters. The Labute approximate surface area is 222 Å². The van der Waals surface area contributed by atoms with Gasteiger partial charge in [0.25, 0.3) is 0 Å². The van der Waals surface area contributed by atoms with Gasteiger partial charge < -0.3 is 19.0 Å². The summed E-state index contributed by atoms with van der Waals surface area (Å²) < 4.78 is 12.9. The predicted octanol–water partition coefficient (Wildman–Crippen LogP) is 4.51. The summed E-state index contributed by atoms with van der Waals surface area (Å²) in [6, 6.07) is 11.5. The summed E-state index contributed by atoms with van der Waals surface area (Å²) in [4.78, 5) is 28.9. The van der Waals surface area contributed by atoms with Gasteiger partial charge in [-0.1, -0.05) is 25.6 Å². The molecule has 1 atom stereocenters. The van der Waals surface area contributed by atoms with Crippen LogP contribution in [0.1, 0.15) is 40.0 Å². The van der Waals surface area contributed by atoms with E-state index in [2.05, 4.69) is 10.2 Å². The van der Waals surface area contributed by atoms with Crippen LogP contribution < -0.4 is 4.74 Å². The summed E-state index contributed by atoms with van der Waals surface area (Å²) in [5, 5.41) is 9.56. The highest BCUT2D eigenvalue weighted by Gasteiger charge is 2.30. The molecule has 9 nitrogen and oxygen atoms in total. The van der Waals surface area contributed by atoms with Crippen molar-refractivity contribution in [3.05, 3.63) is 42.7 Å². The molecule has 0 radical (unpaired) electrons. The first kappa shape index (κ1) is 26.8.